The average Bonchev–Trinajstić information content (AvgIpc) is 2.80. The highest BCUT2D eigenvalue weighted by molar-refractivity contribution is 5.79. The van der Waals surface area contributed by atoms with Gasteiger partial charge in [0, 0.05) is 32.6 Å². The number of piperazine rings is 1. The smallest absolute Gasteiger partial charge is 0.260 e. The molecule has 0 N–H and O–H groups in total. The summed E-state index contributed by atoms with van der Waals surface area (Å²) in [6.45, 7) is 8.78. The second-order valence-corrected chi connectivity index (χ2v) is 7.97. The molecule has 2 aromatic rings. The van der Waals surface area contributed by atoms with E-state index in [1.54, 1.807) is 4.90 Å². The summed E-state index contributed by atoms with van der Waals surface area (Å²) in [5.41, 5.74) is 3.25. The molecular formula is C25H32N2O4. The van der Waals surface area contributed by atoms with Gasteiger partial charge in [-0.3, -0.25) is 9.59 Å². The largest absolute Gasteiger partial charge is 0.494 e. The Kier molecular flexibility index (Phi) is 7.93. The van der Waals surface area contributed by atoms with Crippen LogP contribution in [0.2, 0.25) is 0 Å². The molecular weight excluding hydrogens is 392 g/mol. The van der Waals surface area contributed by atoms with Crippen molar-refractivity contribution in [3.05, 3.63) is 59.2 Å². The van der Waals surface area contributed by atoms with Gasteiger partial charge in [-0.1, -0.05) is 30.3 Å². The third-order valence-electron chi connectivity index (χ3n) is 5.75. The molecule has 0 unspecified atom stereocenters. The van der Waals surface area contributed by atoms with Gasteiger partial charge in [-0.15, -0.1) is 0 Å². The SMILES string of the molecule is Cc1ccc(C)c(OCC(=O)N2CCN(C(=O)CCCOc3ccccc3)CC2)c1C. The van der Waals surface area contributed by atoms with E-state index in [9.17, 15) is 9.59 Å². The molecule has 166 valence electrons. The molecule has 1 aliphatic rings. The predicted octanol–water partition coefficient (Wildman–Crippen LogP) is 3.52. The molecule has 1 aliphatic heterocycles. The van der Waals surface area contributed by atoms with Crippen molar-refractivity contribution in [1.29, 1.82) is 0 Å². The van der Waals surface area contributed by atoms with E-state index in [1.807, 2.05) is 62.1 Å². The number of ether oxygens (including phenoxy) is 2. The van der Waals surface area contributed by atoms with E-state index in [0.29, 0.717) is 45.6 Å². The number of hydrogen-bond acceptors (Lipinski definition) is 4. The van der Waals surface area contributed by atoms with Gasteiger partial charge in [0.25, 0.3) is 5.91 Å². The van der Waals surface area contributed by atoms with Crippen LogP contribution in [0.4, 0.5) is 0 Å². The van der Waals surface area contributed by atoms with Gasteiger partial charge in [-0.05, 0) is 56.0 Å². The molecule has 0 aliphatic carbocycles. The van der Waals surface area contributed by atoms with Crippen LogP contribution in [0.25, 0.3) is 0 Å². The zero-order chi connectivity index (χ0) is 22.2. The van der Waals surface area contributed by atoms with Crippen LogP contribution in [0, 0.1) is 20.8 Å². The Morgan fingerprint density at radius 3 is 2.10 bits per heavy atom. The van der Waals surface area contributed by atoms with Crippen molar-refractivity contribution < 1.29 is 19.1 Å². The van der Waals surface area contributed by atoms with Crippen LogP contribution in [0.1, 0.15) is 29.5 Å². The van der Waals surface area contributed by atoms with Gasteiger partial charge < -0.3 is 19.3 Å². The maximum absolute atomic E-state index is 12.6. The molecule has 31 heavy (non-hydrogen) atoms. The van der Waals surface area contributed by atoms with E-state index < -0.39 is 0 Å². The lowest BCUT2D eigenvalue weighted by molar-refractivity contribution is -0.140. The van der Waals surface area contributed by atoms with Gasteiger partial charge in [0.05, 0.1) is 6.61 Å². The molecule has 0 bridgehead atoms. The van der Waals surface area contributed by atoms with E-state index >= 15 is 0 Å². The number of hydrogen-bond donors (Lipinski definition) is 0. The van der Waals surface area contributed by atoms with E-state index in [-0.39, 0.29) is 18.4 Å². The van der Waals surface area contributed by atoms with Crippen molar-refractivity contribution in [2.75, 3.05) is 39.4 Å². The van der Waals surface area contributed by atoms with Crippen LogP contribution in [-0.2, 0) is 9.59 Å². The van der Waals surface area contributed by atoms with Gasteiger partial charge >= 0.3 is 0 Å². The van der Waals surface area contributed by atoms with Gasteiger partial charge in [0.1, 0.15) is 11.5 Å². The number of nitrogens with zero attached hydrogens (tertiary/aromatic N) is 2. The summed E-state index contributed by atoms with van der Waals surface area (Å²) in [5, 5.41) is 0. The minimum absolute atomic E-state index is 0.0237. The zero-order valence-electron chi connectivity index (χ0n) is 18.7. The maximum atomic E-state index is 12.6. The summed E-state index contributed by atoms with van der Waals surface area (Å²) in [4.78, 5) is 28.6. The molecule has 0 aromatic heterocycles. The highest BCUT2D eigenvalue weighted by Gasteiger charge is 2.24. The van der Waals surface area contributed by atoms with Crippen molar-refractivity contribution in [3.63, 3.8) is 0 Å². The predicted molar refractivity (Wildman–Crippen MR) is 120 cm³/mol. The third kappa shape index (κ3) is 6.23. The zero-order valence-corrected chi connectivity index (χ0v) is 18.7. The first-order valence-corrected chi connectivity index (χ1v) is 10.9. The third-order valence-corrected chi connectivity index (χ3v) is 5.75. The molecule has 3 rings (SSSR count). The first-order valence-electron chi connectivity index (χ1n) is 10.9. The number of rotatable bonds is 8. The minimum Gasteiger partial charge on any atom is -0.494 e. The Hall–Kier alpha value is -3.02. The Balaban J connectivity index is 1.37. The molecule has 2 aromatic carbocycles. The van der Waals surface area contributed by atoms with Crippen LogP contribution >= 0.6 is 0 Å². The van der Waals surface area contributed by atoms with E-state index in [1.165, 1.54) is 0 Å². The fraction of sp³-hybridized carbons (Fsp3) is 0.440. The molecule has 0 saturated carbocycles. The number of carbonyl (C=O) groups is 2. The summed E-state index contributed by atoms with van der Waals surface area (Å²) in [6, 6.07) is 13.7. The van der Waals surface area contributed by atoms with Crippen molar-refractivity contribution in [1.82, 2.24) is 9.80 Å². The lowest BCUT2D eigenvalue weighted by Crippen LogP contribution is -2.51. The van der Waals surface area contributed by atoms with Crippen LogP contribution in [0.15, 0.2) is 42.5 Å². The molecule has 1 fully saturated rings. The lowest BCUT2D eigenvalue weighted by Gasteiger charge is -2.34. The highest BCUT2D eigenvalue weighted by atomic mass is 16.5. The summed E-state index contributed by atoms with van der Waals surface area (Å²) < 4.78 is 11.5. The number of benzene rings is 2. The van der Waals surface area contributed by atoms with E-state index in [4.69, 9.17) is 9.47 Å². The molecule has 2 amide bonds. The van der Waals surface area contributed by atoms with Gasteiger partial charge in [0.15, 0.2) is 6.61 Å². The minimum atomic E-state index is -0.0383. The second kappa shape index (κ2) is 10.8. The summed E-state index contributed by atoms with van der Waals surface area (Å²) >= 11 is 0. The molecule has 1 heterocycles. The Labute approximate surface area is 184 Å². The topological polar surface area (TPSA) is 59.1 Å². The van der Waals surface area contributed by atoms with Gasteiger partial charge in [-0.2, -0.15) is 0 Å². The number of amides is 2. The van der Waals surface area contributed by atoms with Crippen molar-refractivity contribution >= 4 is 11.8 Å². The second-order valence-electron chi connectivity index (χ2n) is 7.97. The highest BCUT2D eigenvalue weighted by Crippen LogP contribution is 2.25. The first kappa shape index (κ1) is 22.7. The standard InChI is InChI=1S/C25H32N2O4/c1-19-11-12-20(2)25(21(19)3)31-18-24(29)27-15-13-26(14-16-27)23(28)10-7-17-30-22-8-5-4-6-9-22/h4-6,8-9,11-12H,7,10,13-18H2,1-3H3. The lowest BCUT2D eigenvalue weighted by atomic mass is 10.1. The van der Waals surface area contributed by atoms with Crippen molar-refractivity contribution in [3.8, 4) is 11.5 Å². The Morgan fingerprint density at radius 1 is 0.806 bits per heavy atom. The Bertz CT molecular complexity index is 890. The summed E-state index contributed by atoms with van der Waals surface area (Å²) in [5.74, 6) is 1.69. The summed E-state index contributed by atoms with van der Waals surface area (Å²) in [7, 11) is 0. The molecule has 6 nitrogen and oxygen atoms in total. The first-order chi connectivity index (χ1) is 15.0. The van der Waals surface area contributed by atoms with E-state index in [2.05, 4.69) is 6.07 Å². The molecule has 0 atom stereocenters. The Morgan fingerprint density at radius 2 is 1.42 bits per heavy atom. The van der Waals surface area contributed by atoms with Crippen molar-refractivity contribution in [2.45, 2.75) is 33.6 Å². The van der Waals surface area contributed by atoms with Gasteiger partial charge in [-0.25, -0.2) is 0 Å². The molecule has 6 heteroatoms. The maximum Gasteiger partial charge on any atom is 0.260 e. The van der Waals surface area contributed by atoms with E-state index in [0.717, 1.165) is 28.2 Å². The number of para-hydroxylation sites is 1. The quantitative estimate of drug-likeness (QED) is 0.609. The molecule has 0 spiro atoms. The van der Waals surface area contributed by atoms with Crippen LogP contribution < -0.4 is 9.47 Å². The van der Waals surface area contributed by atoms with Crippen molar-refractivity contribution in [2.24, 2.45) is 0 Å². The molecule has 1 saturated heterocycles. The monoisotopic (exact) mass is 424 g/mol. The fourth-order valence-electron chi connectivity index (χ4n) is 3.67. The number of carbonyl (C=O) groups excluding carboxylic acids is 2. The normalized spacial score (nSPS) is 13.8. The fourth-order valence-corrected chi connectivity index (χ4v) is 3.67. The van der Waals surface area contributed by atoms with Crippen LogP contribution in [0.5, 0.6) is 11.5 Å². The summed E-state index contributed by atoms with van der Waals surface area (Å²) in [6.07, 6.45) is 1.13. The van der Waals surface area contributed by atoms with Crippen LogP contribution in [0.3, 0.4) is 0 Å². The average molecular weight is 425 g/mol. The molecule has 0 radical (unpaired) electrons. The number of aryl methyl sites for hydroxylation is 2. The van der Waals surface area contributed by atoms with Gasteiger partial charge in [0.2, 0.25) is 5.91 Å². The van der Waals surface area contributed by atoms with Crippen LogP contribution in [-0.4, -0.2) is 61.0 Å².